The largest absolute Gasteiger partial charge is 0.453 e. The van der Waals surface area contributed by atoms with E-state index in [9.17, 15) is 4.39 Å². The first-order chi connectivity index (χ1) is 12.8. The molecule has 0 bridgehead atoms. The van der Waals surface area contributed by atoms with Crippen molar-refractivity contribution >= 4 is 16.7 Å². The van der Waals surface area contributed by atoms with E-state index in [0.29, 0.717) is 12.3 Å². The number of benzene rings is 2. The molecule has 4 rings (SSSR count). The number of aromatic nitrogens is 2. The lowest BCUT2D eigenvalue weighted by Crippen LogP contribution is -2.02. The van der Waals surface area contributed by atoms with Crippen molar-refractivity contribution in [2.24, 2.45) is 0 Å². The van der Waals surface area contributed by atoms with Gasteiger partial charge in [0.1, 0.15) is 11.6 Å². The molecular formula is C21H16FN3O. The van der Waals surface area contributed by atoms with Crippen LogP contribution in [0.1, 0.15) is 5.56 Å². The van der Waals surface area contributed by atoms with Gasteiger partial charge in [-0.1, -0.05) is 24.3 Å². The second-order valence-corrected chi connectivity index (χ2v) is 5.80. The van der Waals surface area contributed by atoms with E-state index >= 15 is 0 Å². The van der Waals surface area contributed by atoms with Crippen LogP contribution in [-0.4, -0.2) is 9.97 Å². The molecule has 4 nitrogen and oxygen atoms in total. The second-order valence-electron chi connectivity index (χ2n) is 5.80. The molecule has 2 aromatic carbocycles. The summed E-state index contributed by atoms with van der Waals surface area (Å²) in [4.78, 5) is 8.50. The molecule has 0 unspecified atom stereocenters. The van der Waals surface area contributed by atoms with Crippen molar-refractivity contribution in [2.45, 2.75) is 6.54 Å². The molecule has 0 spiro atoms. The fourth-order valence-electron chi connectivity index (χ4n) is 2.63. The lowest BCUT2D eigenvalue weighted by Gasteiger charge is -2.10. The molecule has 0 fully saturated rings. The Bertz CT molecular complexity index is 1040. The highest BCUT2D eigenvalue weighted by atomic mass is 19.1. The zero-order valence-electron chi connectivity index (χ0n) is 13.9. The monoisotopic (exact) mass is 345 g/mol. The average molecular weight is 345 g/mol. The summed E-state index contributed by atoms with van der Waals surface area (Å²) in [5.41, 5.74) is 1.72. The van der Waals surface area contributed by atoms with Crippen molar-refractivity contribution in [2.75, 3.05) is 5.32 Å². The number of halogens is 1. The minimum absolute atomic E-state index is 0.172. The Balaban J connectivity index is 1.45. The van der Waals surface area contributed by atoms with Gasteiger partial charge in [-0.15, -0.1) is 0 Å². The first-order valence-corrected chi connectivity index (χ1v) is 8.24. The van der Waals surface area contributed by atoms with Crippen molar-refractivity contribution in [1.29, 1.82) is 0 Å². The lowest BCUT2D eigenvalue weighted by atomic mass is 10.2. The van der Waals surface area contributed by atoms with Crippen molar-refractivity contribution < 1.29 is 9.13 Å². The summed E-state index contributed by atoms with van der Waals surface area (Å²) in [7, 11) is 0. The molecular weight excluding hydrogens is 329 g/mol. The molecule has 0 atom stereocenters. The van der Waals surface area contributed by atoms with Crippen LogP contribution >= 0.6 is 0 Å². The minimum Gasteiger partial charge on any atom is -0.453 e. The van der Waals surface area contributed by atoms with E-state index in [4.69, 9.17) is 4.74 Å². The van der Waals surface area contributed by atoms with Crippen LogP contribution in [0.5, 0.6) is 11.5 Å². The number of ether oxygens (including phenoxy) is 1. The highest BCUT2D eigenvalue weighted by molar-refractivity contribution is 5.80. The molecule has 0 saturated carbocycles. The maximum absolute atomic E-state index is 14.3. The van der Waals surface area contributed by atoms with E-state index < -0.39 is 5.82 Å². The van der Waals surface area contributed by atoms with Gasteiger partial charge >= 0.3 is 0 Å². The molecule has 2 heterocycles. The van der Waals surface area contributed by atoms with Crippen molar-refractivity contribution in [3.05, 3.63) is 90.5 Å². The highest BCUT2D eigenvalue weighted by Crippen LogP contribution is 2.25. The Labute approximate surface area is 150 Å². The number of pyridine rings is 2. The molecule has 4 aromatic rings. The normalized spacial score (nSPS) is 10.7. The van der Waals surface area contributed by atoms with Crippen LogP contribution in [0.3, 0.4) is 0 Å². The number of hydrogen-bond acceptors (Lipinski definition) is 4. The van der Waals surface area contributed by atoms with Gasteiger partial charge in [0, 0.05) is 18.1 Å². The molecule has 0 amide bonds. The number of para-hydroxylation sites is 1. The molecule has 1 N–H and O–H groups in total. The van der Waals surface area contributed by atoms with Gasteiger partial charge in [-0.05, 0) is 48.0 Å². The van der Waals surface area contributed by atoms with E-state index in [-0.39, 0.29) is 5.75 Å². The van der Waals surface area contributed by atoms with Crippen molar-refractivity contribution in [3.63, 3.8) is 0 Å². The molecule has 0 aliphatic rings. The van der Waals surface area contributed by atoms with E-state index in [1.54, 1.807) is 30.6 Å². The standard InChI is InChI=1S/C21H16FN3O/c22-18-12-15(7-9-20(18)26-17-5-3-11-23-14-17)13-24-21-10-8-16-4-1-2-6-19(16)25-21/h1-12,14H,13H2,(H,24,25). The van der Waals surface area contributed by atoms with Crippen LogP contribution in [0.25, 0.3) is 10.9 Å². The van der Waals surface area contributed by atoms with Crippen LogP contribution in [0.15, 0.2) is 79.1 Å². The topological polar surface area (TPSA) is 47.0 Å². The average Bonchev–Trinajstić information content (AvgIpc) is 2.69. The van der Waals surface area contributed by atoms with E-state index in [2.05, 4.69) is 15.3 Å². The number of fused-ring (bicyclic) bond motifs is 1. The summed E-state index contributed by atoms with van der Waals surface area (Å²) in [5.74, 6) is 1.00. The van der Waals surface area contributed by atoms with Crippen LogP contribution in [0, 0.1) is 5.82 Å². The van der Waals surface area contributed by atoms with Crippen LogP contribution in [0.2, 0.25) is 0 Å². The van der Waals surface area contributed by atoms with Crippen LogP contribution in [-0.2, 0) is 6.54 Å². The first kappa shape index (κ1) is 16.0. The predicted octanol–water partition coefficient (Wildman–Crippen LogP) is 5.17. The van der Waals surface area contributed by atoms with E-state index in [1.165, 1.54) is 6.07 Å². The zero-order valence-corrected chi connectivity index (χ0v) is 13.9. The van der Waals surface area contributed by atoms with Crippen LogP contribution in [0.4, 0.5) is 10.2 Å². The third-order valence-electron chi connectivity index (χ3n) is 3.93. The second kappa shape index (κ2) is 7.19. The molecule has 26 heavy (non-hydrogen) atoms. The first-order valence-electron chi connectivity index (χ1n) is 8.24. The number of anilines is 1. The van der Waals surface area contributed by atoms with Crippen LogP contribution < -0.4 is 10.1 Å². The molecule has 0 radical (unpaired) electrons. The van der Waals surface area contributed by atoms with Crippen molar-refractivity contribution in [1.82, 2.24) is 9.97 Å². The Morgan fingerprint density at radius 1 is 0.962 bits per heavy atom. The maximum Gasteiger partial charge on any atom is 0.166 e. The highest BCUT2D eigenvalue weighted by Gasteiger charge is 2.07. The Morgan fingerprint density at radius 3 is 2.73 bits per heavy atom. The number of nitrogens with zero attached hydrogens (tertiary/aromatic N) is 2. The fourth-order valence-corrected chi connectivity index (χ4v) is 2.63. The van der Waals surface area contributed by atoms with Crippen molar-refractivity contribution in [3.8, 4) is 11.5 Å². The van der Waals surface area contributed by atoms with Gasteiger partial charge < -0.3 is 10.1 Å². The maximum atomic E-state index is 14.3. The smallest absolute Gasteiger partial charge is 0.166 e. The van der Waals surface area contributed by atoms with Gasteiger partial charge in [-0.25, -0.2) is 9.37 Å². The molecule has 0 aliphatic carbocycles. The number of nitrogens with one attached hydrogen (secondary N) is 1. The summed E-state index contributed by atoms with van der Waals surface area (Å²) in [6.07, 6.45) is 3.18. The molecule has 2 aromatic heterocycles. The summed E-state index contributed by atoms with van der Waals surface area (Å²) >= 11 is 0. The summed E-state index contributed by atoms with van der Waals surface area (Å²) < 4.78 is 19.8. The summed E-state index contributed by atoms with van der Waals surface area (Å²) in [6, 6.07) is 20.2. The molecule has 0 saturated heterocycles. The van der Waals surface area contributed by atoms with Gasteiger partial charge in [-0.2, -0.15) is 0 Å². The van der Waals surface area contributed by atoms with E-state index in [0.717, 1.165) is 22.3 Å². The summed E-state index contributed by atoms with van der Waals surface area (Å²) in [6.45, 7) is 0.468. The summed E-state index contributed by atoms with van der Waals surface area (Å²) in [5, 5.41) is 4.31. The Kier molecular flexibility index (Phi) is 4.43. The van der Waals surface area contributed by atoms with Gasteiger partial charge in [0.2, 0.25) is 0 Å². The van der Waals surface area contributed by atoms with Gasteiger partial charge in [0.15, 0.2) is 11.6 Å². The predicted molar refractivity (Wildman–Crippen MR) is 99.8 cm³/mol. The van der Waals surface area contributed by atoms with Gasteiger partial charge in [0.05, 0.1) is 11.7 Å². The molecule has 0 aliphatic heterocycles. The van der Waals surface area contributed by atoms with E-state index in [1.807, 2.05) is 42.5 Å². The quantitative estimate of drug-likeness (QED) is 0.542. The number of rotatable bonds is 5. The molecule has 128 valence electrons. The number of hydrogen-bond donors (Lipinski definition) is 1. The fraction of sp³-hybridized carbons (Fsp3) is 0.0476. The van der Waals surface area contributed by atoms with Gasteiger partial charge in [-0.3, -0.25) is 4.98 Å². The Hall–Kier alpha value is -3.47. The third kappa shape index (κ3) is 3.62. The zero-order chi connectivity index (χ0) is 17.8. The lowest BCUT2D eigenvalue weighted by molar-refractivity contribution is 0.440. The molecule has 5 heteroatoms. The van der Waals surface area contributed by atoms with Gasteiger partial charge in [0.25, 0.3) is 0 Å². The Morgan fingerprint density at radius 2 is 1.88 bits per heavy atom. The minimum atomic E-state index is -0.417. The third-order valence-corrected chi connectivity index (χ3v) is 3.93. The SMILES string of the molecule is Fc1cc(CNc2ccc3ccccc3n2)ccc1Oc1cccnc1.